The maximum atomic E-state index is 11.8. The molecule has 1 rings (SSSR count). The van der Waals surface area contributed by atoms with Gasteiger partial charge in [0.2, 0.25) is 5.91 Å². The Bertz CT molecular complexity index is 492. The van der Waals surface area contributed by atoms with E-state index >= 15 is 0 Å². The number of amides is 1. The van der Waals surface area contributed by atoms with Gasteiger partial charge in [0.25, 0.3) is 0 Å². The molecule has 0 N–H and O–H groups in total. The maximum absolute atomic E-state index is 11.8. The number of carbonyl (C=O) groups excluding carboxylic acids is 1. The number of hydrogen-bond donors (Lipinski definition) is 0. The van der Waals surface area contributed by atoms with Crippen molar-refractivity contribution in [1.82, 2.24) is 0 Å². The maximum Gasteiger partial charge on any atom is 0.411 e. The van der Waals surface area contributed by atoms with Crippen molar-refractivity contribution in [2.45, 2.75) is 12.6 Å². The lowest BCUT2D eigenvalue weighted by Gasteiger charge is -2.17. The van der Waals surface area contributed by atoms with E-state index in [4.69, 9.17) is 5.26 Å². The summed E-state index contributed by atoms with van der Waals surface area (Å²) in [7, 11) is 1.51. The van der Waals surface area contributed by atoms with Gasteiger partial charge in [0.05, 0.1) is 24.7 Å². The number of benzene rings is 1. The predicted molar refractivity (Wildman–Crippen MR) is 66.1 cm³/mol. The molecular weight excluding hydrogens is 273 g/mol. The second kappa shape index (κ2) is 6.91. The van der Waals surface area contributed by atoms with Crippen LogP contribution in [-0.2, 0) is 9.53 Å². The standard InChI is InChI=1S/C13H13F3N2O2/c1-18(11-4-2-10(8-17)3-5-11)12(19)6-7-20-9-13(14,15)16/h2-5H,6-7,9H2,1H3. The van der Waals surface area contributed by atoms with Crippen molar-refractivity contribution >= 4 is 11.6 Å². The quantitative estimate of drug-likeness (QED) is 0.781. The smallest absolute Gasteiger partial charge is 0.372 e. The van der Waals surface area contributed by atoms with Crippen LogP contribution in [0.2, 0.25) is 0 Å². The molecule has 0 aliphatic heterocycles. The number of alkyl halides is 3. The number of hydrogen-bond acceptors (Lipinski definition) is 3. The molecule has 0 radical (unpaired) electrons. The highest BCUT2D eigenvalue weighted by Gasteiger charge is 2.27. The summed E-state index contributed by atoms with van der Waals surface area (Å²) < 4.78 is 39.9. The monoisotopic (exact) mass is 286 g/mol. The van der Waals surface area contributed by atoms with Gasteiger partial charge in [-0.3, -0.25) is 4.79 Å². The number of rotatable bonds is 5. The fraction of sp³-hybridized carbons (Fsp3) is 0.385. The third-order valence-electron chi connectivity index (χ3n) is 2.48. The largest absolute Gasteiger partial charge is 0.411 e. The number of carbonyl (C=O) groups is 1. The van der Waals surface area contributed by atoms with Crippen LogP contribution in [0.3, 0.4) is 0 Å². The molecule has 0 heterocycles. The van der Waals surface area contributed by atoms with Gasteiger partial charge < -0.3 is 9.64 Å². The molecule has 108 valence electrons. The van der Waals surface area contributed by atoms with E-state index in [2.05, 4.69) is 4.74 Å². The summed E-state index contributed by atoms with van der Waals surface area (Å²) in [6.45, 7) is -1.65. The minimum absolute atomic E-state index is 0.146. The predicted octanol–water partition coefficient (Wildman–Crippen LogP) is 2.49. The first-order chi connectivity index (χ1) is 9.33. The van der Waals surface area contributed by atoms with Crippen molar-refractivity contribution < 1.29 is 22.7 Å². The van der Waals surface area contributed by atoms with Gasteiger partial charge in [0.1, 0.15) is 6.61 Å². The lowest BCUT2D eigenvalue weighted by Crippen LogP contribution is -2.28. The Morgan fingerprint density at radius 2 is 1.95 bits per heavy atom. The Morgan fingerprint density at radius 3 is 2.45 bits per heavy atom. The average Bonchev–Trinajstić information content (AvgIpc) is 2.41. The lowest BCUT2D eigenvalue weighted by molar-refractivity contribution is -0.174. The van der Waals surface area contributed by atoms with E-state index in [0.29, 0.717) is 11.3 Å². The van der Waals surface area contributed by atoms with Gasteiger partial charge in [-0.2, -0.15) is 18.4 Å². The van der Waals surface area contributed by atoms with Gasteiger partial charge in [-0.25, -0.2) is 0 Å². The normalized spacial score (nSPS) is 10.9. The molecule has 0 aromatic heterocycles. The van der Waals surface area contributed by atoms with Crippen molar-refractivity contribution in [1.29, 1.82) is 5.26 Å². The highest BCUT2D eigenvalue weighted by molar-refractivity contribution is 5.92. The Hall–Kier alpha value is -2.07. The van der Waals surface area contributed by atoms with Crippen LogP contribution in [0, 0.1) is 11.3 Å². The molecule has 20 heavy (non-hydrogen) atoms. The summed E-state index contributed by atoms with van der Waals surface area (Å²) in [5, 5.41) is 8.65. The summed E-state index contributed by atoms with van der Waals surface area (Å²) >= 11 is 0. The molecule has 7 heteroatoms. The molecule has 0 aliphatic rings. The summed E-state index contributed by atoms with van der Waals surface area (Å²) in [5.74, 6) is -0.364. The van der Waals surface area contributed by atoms with Gasteiger partial charge in [-0.1, -0.05) is 0 Å². The van der Waals surface area contributed by atoms with Gasteiger partial charge in [0, 0.05) is 12.7 Å². The minimum atomic E-state index is -4.39. The molecule has 0 bridgehead atoms. The van der Waals surface area contributed by atoms with Crippen LogP contribution in [0.25, 0.3) is 0 Å². The number of halogens is 3. The molecule has 0 spiro atoms. The van der Waals surface area contributed by atoms with Crippen molar-refractivity contribution in [3.05, 3.63) is 29.8 Å². The first kappa shape index (κ1) is 16.0. The third-order valence-corrected chi connectivity index (χ3v) is 2.48. The van der Waals surface area contributed by atoms with Crippen molar-refractivity contribution in [2.75, 3.05) is 25.2 Å². The number of ether oxygens (including phenoxy) is 1. The SMILES string of the molecule is CN(C(=O)CCOCC(F)(F)F)c1ccc(C#N)cc1. The Labute approximate surface area is 114 Å². The van der Waals surface area contributed by atoms with Crippen LogP contribution >= 0.6 is 0 Å². The van der Waals surface area contributed by atoms with Crippen LogP contribution in [0.4, 0.5) is 18.9 Å². The van der Waals surface area contributed by atoms with Crippen LogP contribution in [-0.4, -0.2) is 32.3 Å². The Morgan fingerprint density at radius 1 is 1.35 bits per heavy atom. The van der Waals surface area contributed by atoms with E-state index in [9.17, 15) is 18.0 Å². The fourth-order valence-electron chi connectivity index (χ4n) is 1.42. The summed E-state index contributed by atoms with van der Waals surface area (Å²) in [4.78, 5) is 13.0. The molecular formula is C13H13F3N2O2. The zero-order chi connectivity index (χ0) is 15.2. The van der Waals surface area contributed by atoms with E-state index in [1.807, 2.05) is 6.07 Å². The second-order valence-electron chi connectivity index (χ2n) is 4.03. The highest BCUT2D eigenvalue weighted by atomic mass is 19.4. The summed E-state index contributed by atoms with van der Waals surface area (Å²) in [6, 6.07) is 8.24. The van der Waals surface area contributed by atoms with Gasteiger partial charge >= 0.3 is 6.18 Å². The van der Waals surface area contributed by atoms with Crippen molar-refractivity contribution in [2.24, 2.45) is 0 Å². The number of nitrogens with zero attached hydrogens (tertiary/aromatic N) is 2. The summed E-state index contributed by atoms with van der Waals surface area (Å²) in [5.41, 5.74) is 1.02. The zero-order valence-corrected chi connectivity index (χ0v) is 10.8. The van der Waals surface area contributed by atoms with E-state index in [0.717, 1.165) is 0 Å². The van der Waals surface area contributed by atoms with Gasteiger partial charge in [-0.05, 0) is 24.3 Å². The molecule has 1 amide bonds. The van der Waals surface area contributed by atoms with Gasteiger partial charge in [-0.15, -0.1) is 0 Å². The van der Waals surface area contributed by atoms with E-state index in [1.54, 1.807) is 24.3 Å². The number of anilines is 1. The van der Waals surface area contributed by atoms with Gasteiger partial charge in [0.15, 0.2) is 0 Å². The molecule has 0 fully saturated rings. The molecule has 0 saturated carbocycles. The van der Waals surface area contributed by atoms with E-state index in [1.165, 1.54) is 11.9 Å². The Kier molecular flexibility index (Phi) is 5.53. The first-order valence-electron chi connectivity index (χ1n) is 5.74. The van der Waals surface area contributed by atoms with E-state index in [-0.39, 0.29) is 18.9 Å². The average molecular weight is 286 g/mol. The van der Waals surface area contributed by atoms with Crippen molar-refractivity contribution in [3.8, 4) is 6.07 Å². The highest BCUT2D eigenvalue weighted by Crippen LogP contribution is 2.16. The molecule has 1 aromatic rings. The molecule has 1 aromatic carbocycles. The third kappa shape index (κ3) is 5.28. The van der Waals surface area contributed by atoms with Crippen LogP contribution < -0.4 is 4.90 Å². The Balaban J connectivity index is 2.44. The first-order valence-corrected chi connectivity index (χ1v) is 5.74. The van der Waals surface area contributed by atoms with E-state index < -0.39 is 12.8 Å². The molecule has 0 saturated heterocycles. The fourth-order valence-corrected chi connectivity index (χ4v) is 1.42. The van der Waals surface area contributed by atoms with Crippen LogP contribution in [0.1, 0.15) is 12.0 Å². The second-order valence-corrected chi connectivity index (χ2v) is 4.03. The zero-order valence-electron chi connectivity index (χ0n) is 10.8. The lowest BCUT2D eigenvalue weighted by atomic mass is 10.2. The molecule has 0 unspecified atom stereocenters. The minimum Gasteiger partial charge on any atom is -0.372 e. The molecule has 0 atom stereocenters. The summed E-state index contributed by atoms with van der Waals surface area (Å²) in [6.07, 6.45) is -4.53. The molecule has 4 nitrogen and oxygen atoms in total. The van der Waals surface area contributed by atoms with Crippen LogP contribution in [0.5, 0.6) is 0 Å². The number of nitriles is 1. The van der Waals surface area contributed by atoms with Crippen LogP contribution in [0.15, 0.2) is 24.3 Å². The molecule has 0 aliphatic carbocycles. The topological polar surface area (TPSA) is 53.3 Å². The van der Waals surface area contributed by atoms with Crippen molar-refractivity contribution in [3.63, 3.8) is 0 Å².